The van der Waals surface area contributed by atoms with E-state index in [0.29, 0.717) is 14.8 Å². The van der Waals surface area contributed by atoms with Crippen molar-refractivity contribution in [2.45, 2.75) is 0 Å². The number of hydrogen-bond acceptors (Lipinski definition) is 4. The molecule has 1 saturated heterocycles. The van der Waals surface area contributed by atoms with Crippen LogP contribution < -0.4 is 5.43 Å². The number of H-pyrrole nitrogens is 1. The van der Waals surface area contributed by atoms with Crippen molar-refractivity contribution >= 4 is 46.2 Å². The van der Waals surface area contributed by atoms with Crippen LogP contribution in [0.15, 0.2) is 53.6 Å². The fourth-order valence-electron chi connectivity index (χ4n) is 1.89. The number of thiocarbonyl (C=S) groups is 1. The first kappa shape index (κ1) is 14.6. The number of hydrazine groups is 1. The van der Waals surface area contributed by atoms with Crippen molar-refractivity contribution in [3.8, 4) is 0 Å². The highest BCUT2D eigenvalue weighted by Crippen LogP contribution is 2.31. The molecule has 3 rings (SSSR count). The zero-order valence-electron chi connectivity index (χ0n) is 11.3. The van der Waals surface area contributed by atoms with Gasteiger partial charge >= 0.3 is 0 Å². The predicted octanol–water partition coefficient (Wildman–Crippen LogP) is 2.56. The van der Waals surface area contributed by atoms with Crippen molar-refractivity contribution in [1.29, 1.82) is 0 Å². The summed E-state index contributed by atoms with van der Waals surface area (Å²) in [5, 5.41) is 1.10. The SMILES string of the molecule is O=C(NN1C(=O)/C(=C/c2ccc[nH]2)SC1=S)c1ccccc1. The Balaban J connectivity index is 1.76. The molecule has 0 bridgehead atoms. The average Bonchev–Trinajstić information content (AvgIpc) is 3.12. The quantitative estimate of drug-likeness (QED) is 0.671. The minimum absolute atomic E-state index is 0.298. The van der Waals surface area contributed by atoms with E-state index in [1.54, 1.807) is 36.5 Å². The molecule has 110 valence electrons. The second-order valence-corrected chi connectivity index (χ2v) is 6.13. The Morgan fingerprint density at radius 2 is 2.00 bits per heavy atom. The molecular formula is C15H11N3O2S2. The molecule has 1 aromatic heterocycles. The normalized spacial score (nSPS) is 16.4. The molecule has 1 fully saturated rings. The first-order valence-electron chi connectivity index (χ1n) is 6.42. The second-order valence-electron chi connectivity index (χ2n) is 4.45. The minimum atomic E-state index is -0.377. The summed E-state index contributed by atoms with van der Waals surface area (Å²) < 4.78 is 0.298. The fourth-order valence-corrected chi connectivity index (χ4v) is 3.07. The molecule has 5 nitrogen and oxygen atoms in total. The highest BCUT2D eigenvalue weighted by molar-refractivity contribution is 8.26. The summed E-state index contributed by atoms with van der Waals surface area (Å²) in [5.74, 6) is -0.716. The number of amides is 2. The van der Waals surface area contributed by atoms with E-state index < -0.39 is 0 Å². The van der Waals surface area contributed by atoms with Gasteiger partial charge in [-0.2, -0.15) is 5.01 Å². The molecule has 1 aliphatic heterocycles. The van der Waals surface area contributed by atoms with Crippen LogP contribution in [0.5, 0.6) is 0 Å². The van der Waals surface area contributed by atoms with Crippen LogP contribution in [-0.4, -0.2) is 26.1 Å². The molecule has 1 aliphatic rings. The van der Waals surface area contributed by atoms with Gasteiger partial charge in [0.25, 0.3) is 11.8 Å². The Morgan fingerprint density at radius 3 is 2.68 bits per heavy atom. The molecule has 2 N–H and O–H groups in total. The van der Waals surface area contributed by atoms with Gasteiger partial charge in [-0.1, -0.05) is 30.0 Å². The molecule has 7 heteroatoms. The van der Waals surface area contributed by atoms with E-state index in [2.05, 4.69) is 10.4 Å². The number of hydrogen-bond donors (Lipinski definition) is 2. The van der Waals surface area contributed by atoms with Gasteiger partial charge in [-0.3, -0.25) is 15.0 Å². The average molecular weight is 329 g/mol. The molecule has 2 aromatic rings. The number of carbonyl (C=O) groups excluding carboxylic acids is 2. The lowest BCUT2D eigenvalue weighted by atomic mass is 10.2. The van der Waals surface area contributed by atoms with Gasteiger partial charge in [-0.05, 0) is 42.6 Å². The predicted molar refractivity (Wildman–Crippen MR) is 89.7 cm³/mol. The molecule has 0 unspecified atom stereocenters. The lowest BCUT2D eigenvalue weighted by Gasteiger charge is -2.15. The van der Waals surface area contributed by atoms with Crippen LogP contribution in [0.1, 0.15) is 16.1 Å². The third-order valence-corrected chi connectivity index (χ3v) is 4.25. The van der Waals surface area contributed by atoms with Crippen molar-refractivity contribution in [2.24, 2.45) is 0 Å². The van der Waals surface area contributed by atoms with Crippen LogP contribution in [0.2, 0.25) is 0 Å². The van der Waals surface area contributed by atoms with E-state index in [0.717, 1.165) is 22.5 Å². The monoisotopic (exact) mass is 329 g/mol. The number of rotatable bonds is 3. The first-order valence-corrected chi connectivity index (χ1v) is 7.65. The lowest BCUT2D eigenvalue weighted by Crippen LogP contribution is -2.44. The number of nitrogens with zero attached hydrogens (tertiary/aromatic N) is 1. The van der Waals surface area contributed by atoms with Crippen molar-refractivity contribution in [1.82, 2.24) is 15.4 Å². The largest absolute Gasteiger partial charge is 0.362 e. The molecule has 0 saturated carbocycles. The summed E-state index contributed by atoms with van der Waals surface area (Å²) >= 11 is 6.31. The number of thioether (sulfide) groups is 1. The van der Waals surface area contributed by atoms with Crippen LogP contribution >= 0.6 is 24.0 Å². The maximum absolute atomic E-state index is 12.3. The molecule has 1 aromatic carbocycles. The minimum Gasteiger partial charge on any atom is -0.362 e. The molecule has 22 heavy (non-hydrogen) atoms. The van der Waals surface area contributed by atoms with E-state index >= 15 is 0 Å². The highest BCUT2D eigenvalue weighted by Gasteiger charge is 2.33. The zero-order valence-corrected chi connectivity index (χ0v) is 12.9. The lowest BCUT2D eigenvalue weighted by molar-refractivity contribution is -0.123. The number of carbonyl (C=O) groups is 2. The molecule has 0 spiro atoms. The van der Waals surface area contributed by atoms with Gasteiger partial charge in [0.05, 0.1) is 4.91 Å². The maximum atomic E-state index is 12.3. The molecule has 0 aliphatic carbocycles. The summed E-state index contributed by atoms with van der Waals surface area (Å²) in [6.45, 7) is 0. The van der Waals surface area contributed by atoms with Crippen LogP contribution in [-0.2, 0) is 4.79 Å². The van der Waals surface area contributed by atoms with E-state index in [1.165, 1.54) is 0 Å². The van der Waals surface area contributed by atoms with Crippen LogP contribution in [0.25, 0.3) is 6.08 Å². The van der Waals surface area contributed by atoms with Gasteiger partial charge in [-0.25, -0.2) is 0 Å². The Kier molecular flexibility index (Phi) is 4.08. The Hall–Kier alpha value is -2.38. The van der Waals surface area contributed by atoms with Gasteiger partial charge in [0, 0.05) is 17.5 Å². The third kappa shape index (κ3) is 2.95. The number of nitrogens with one attached hydrogen (secondary N) is 2. The van der Waals surface area contributed by atoms with E-state index in [1.807, 2.05) is 18.2 Å². The topological polar surface area (TPSA) is 65.2 Å². The molecule has 0 atom stereocenters. The third-order valence-electron chi connectivity index (χ3n) is 2.95. The second kappa shape index (κ2) is 6.17. The molecular weight excluding hydrogens is 318 g/mol. The summed E-state index contributed by atoms with van der Waals surface area (Å²) in [4.78, 5) is 27.9. The van der Waals surface area contributed by atoms with Crippen LogP contribution in [0.4, 0.5) is 0 Å². The summed E-state index contributed by atoms with van der Waals surface area (Å²) in [6, 6.07) is 12.3. The van der Waals surface area contributed by atoms with Gasteiger partial charge in [-0.15, -0.1) is 0 Å². The summed E-state index contributed by atoms with van der Waals surface area (Å²) in [7, 11) is 0. The summed E-state index contributed by atoms with van der Waals surface area (Å²) in [6.07, 6.45) is 3.47. The summed E-state index contributed by atoms with van der Waals surface area (Å²) in [5.41, 5.74) is 3.80. The van der Waals surface area contributed by atoms with Crippen LogP contribution in [0.3, 0.4) is 0 Å². The van der Waals surface area contributed by atoms with Crippen molar-refractivity contribution in [2.75, 3.05) is 0 Å². The Labute approximate surface area is 136 Å². The molecule has 2 heterocycles. The standard InChI is InChI=1S/C15H11N3O2S2/c19-13(10-5-2-1-3-6-10)17-18-14(20)12(22-15(18)21)9-11-7-4-8-16-11/h1-9,16H,(H,17,19)/b12-9-. The van der Waals surface area contributed by atoms with E-state index in [4.69, 9.17) is 12.2 Å². The van der Waals surface area contributed by atoms with E-state index in [9.17, 15) is 9.59 Å². The van der Waals surface area contributed by atoms with Gasteiger partial charge in [0.1, 0.15) is 0 Å². The first-order chi connectivity index (χ1) is 10.6. The van der Waals surface area contributed by atoms with Crippen molar-refractivity contribution < 1.29 is 9.59 Å². The van der Waals surface area contributed by atoms with Gasteiger partial charge < -0.3 is 4.98 Å². The number of aromatic nitrogens is 1. The highest BCUT2D eigenvalue weighted by atomic mass is 32.2. The Bertz CT molecular complexity index is 754. The van der Waals surface area contributed by atoms with Crippen LogP contribution in [0, 0.1) is 0 Å². The smallest absolute Gasteiger partial charge is 0.285 e. The van der Waals surface area contributed by atoms with E-state index in [-0.39, 0.29) is 11.8 Å². The number of benzene rings is 1. The molecule has 2 amide bonds. The number of aromatic amines is 1. The fraction of sp³-hybridized carbons (Fsp3) is 0. The maximum Gasteiger partial charge on any atom is 0.285 e. The van der Waals surface area contributed by atoms with Crippen molar-refractivity contribution in [3.05, 3.63) is 64.8 Å². The zero-order chi connectivity index (χ0) is 15.5. The Morgan fingerprint density at radius 1 is 1.23 bits per heavy atom. The van der Waals surface area contributed by atoms with Crippen molar-refractivity contribution in [3.63, 3.8) is 0 Å². The van der Waals surface area contributed by atoms with Gasteiger partial charge in [0.15, 0.2) is 4.32 Å². The van der Waals surface area contributed by atoms with Gasteiger partial charge in [0.2, 0.25) is 0 Å². The molecule has 0 radical (unpaired) electrons.